The van der Waals surface area contributed by atoms with Crippen LogP contribution >= 0.6 is 23.2 Å². The maximum atomic E-state index is 13.7. The summed E-state index contributed by atoms with van der Waals surface area (Å²) in [5.74, 6) is -1.43. The first-order valence-corrected chi connectivity index (χ1v) is 5.34. The van der Waals surface area contributed by atoms with E-state index in [9.17, 15) is 9.50 Å². The Morgan fingerprint density at radius 1 is 1.29 bits per heavy atom. The Balaban J connectivity index is 2.88. The summed E-state index contributed by atoms with van der Waals surface area (Å²) in [7, 11) is 0. The van der Waals surface area contributed by atoms with Crippen LogP contribution in [0.5, 0.6) is 11.8 Å². The molecule has 0 saturated carbocycles. The van der Waals surface area contributed by atoms with Crippen molar-refractivity contribution >= 4 is 34.1 Å². The summed E-state index contributed by atoms with van der Waals surface area (Å²) in [6, 6.07) is 0. The molecule has 2 rings (SSSR count). The lowest BCUT2D eigenvalue weighted by Crippen LogP contribution is -2.00. The van der Waals surface area contributed by atoms with Crippen LogP contribution in [0.15, 0.2) is 0 Å². The molecule has 0 amide bonds. The zero-order valence-electron chi connectivity index (χ0n) is 8.54. The number of pyridine rings is 1. The number of hydrogen-bond donors (Lipinski definition) is 1. The molecule has 0 aliphatic heterocycles. The smallest absolute Gasteiger partial charge is 0.230 e. The minimum absolute atomic E-state index is 0.0388. The van der Waals surface area contributed by atoms with Crippen molar-refractivity contribution in [2.75, 3.05) is 6.61 Å². The molecule has 2 aromatic heterocycles. The Morgan fingerprint density at radius 2 is 2.00 bits per heavy atom. The highest BCUT2D eigenvalue weighted by Gasteiger charge is 2.19. The summed E-state index contributed by atoms with van der Waals surface area (Å²) in [5.41, 5.74) is -0.231. The summed E-state index contributed by atoms with van der Waals surface area (Å²) in [5, 5.41) is 8.85. The number of rotatable bonds is 2. The largest absolute Gasteiger partial charge is 0.493 e. The van der Waals surface area contributed by atoms with Gasteiger partial charge in [0.1, 0.15) is 10.9 Å². The van der Waals surface area contributed by atoms with Crippen molar-refractivity contribution in [3.8, 4) is 11.8 Å². The SMILES string of the molecule is CCOc1nc(Cl)c(F)c2nc(Cl)nc(O)c12. The monoisotopic (exact) mass is 277 g/mol. The van der Waals surface area contributed by atoms with E-state index in [1.165, 1.54) is 0 Å². The molecule has 90 valence electrons. The lowest BCUT2D eigenvalue weighted by molar-refractivity contribution is 0.329. The van der Waals surface area contributed by atoms with E-state index in [-0.39, 0.29) is 28.7 Å². The standard InChI is InChI=1S/C9H6Cl2FN3O2/c1-2-17-8-3-5(4(12)6(10)14-8)13-9(11)15-7(3)16/h2H2,1H3,(H,13,15,16). The molecule has 2 aromatic rings. The van der Waals surface area contributed by atoms with E-state index in [1.54, 1.807) is 6.92 Å². The van der Waals surface area contributed by atoms with E-state index in [0.717, 1.165) is 0 Å². The first-order chi connectivity index (χ1) is 8.04. The normalized spacial score (nSPS) is 10.8. The topological polar surface area (TPSA) is 68.1 Å². The van der Waals surface area contributed by atoms with Crippen LogP contribution in [-0.4, -0.2) is 26.7 Å². The number of ether oxygens (including phenoxy) is 1. The molecule has 1 N–H and O–H groups in total. The van der Waals surface area contributed by atoms with Crippen LogP contribution in [-0.2, 0) is 0 Å². The Kier molecular flexibility index (Phi) is 3.17. The number of aromatic nitrogens is 3. The maximum absolute atomic E-state index is 13.7. The molecule has 0 saturated heterocycles. The van der Waals surface area contributed by atoms with Gasteiger partial charge < -0.3 is 9.84 Å². The fourth-order valence-electron chi connectivity index (χ4n) is 1.31. The summed E-state index contributed by atoms with van der Waals surface area (Å²) in [6.07, 6.45) is 0. The average Bonchev–Trinajstić information content (AvgIpc) is 2.25. The molecule has 0 atom stereocenters. The number of fused-ring (bicyclic) bond motifs is 1. The molecule has 17 heavy (non-hydrogen) atoms. The van der Waals surface area contributed by atoms with Crippen molar-refractivity contribution < 1.29 is 14.2 Å². The second-order valence-electron chi connectivity index (χ2n) is 2.99. The van der Waals surface area contributed by atoms with Gasteiger partial charge in [-0.25, -0.2) is 9.37 Å². The van der Waals surface area contributed by atoms with Crippen LogP contribution in [0.4, 0.5) is 4.39 Å². The van der Waals surface area contributed by atoms with Gasteiger partial charge in [-0.1, -0.05) is 11.6 Å². The Hall–Kier alpha value is -1.40. The van der Waals surface area contributed by atoms with Gasteiger partial charge in [0.2, 0.25) is 17.0 Å². The molecule has 0 aromatic carbocycles. The van der Waals surface area contributed by atoms with Crippen LogP contribution < -0.4 is 4.74 Å². The van der Waals surface area contributed by atoms with E-state index in [2.05, 4.69) is 15.0 Å². The molecule has 0 unspecified atom stereocenters. The second kappa shape index (κ2) is 4.46. The fourth-order valence-corrected chi connectivity index (χ4v) is 1.64. The minimum Gasteiger partial charge on any atom is -0.493 e. The van der Waals surface area contributed by atoms with E-state index in [4.69, 9.17) is 27.9 Å². The third-order valence-corrected chi connectivity index (χ3v) is 2.37. The Labute approximate surface area is 105 Å². The van der Waals surface area contributed by atoms with Crippen LogP contribution in [0.3, 0.4) is 0 Å². The van der Waals surface area contributed by atoms with Gasteiger partial charge in [0.05, 0.1) is 6.61 Å². The quantitative estimate of drug-likeness (QED) is 0.675. The van der Waals surface area contributed by atoms with Crippen molar-refractivity contribution in [2.45, 2.75) is 6.92 Å². The van der Waals surface area contributed by atoms with E-state index < -0.39 is 16.9 Å². The van der Waals surface area contributed by atoms with Gasteiger partial charge in [0, 0.05) is 0 Å². The van der Waals surface area contributed by atoms with Gasteiger partial charge in [-0.15, -0.1) is 0 Å². The van der Waals surface area contributed by atoms with Crippen LogP contribution in [0, 0.1) is 5.82 Å². The van der Waals surface area contributed by atoms with Crippen LogP contribution in [0.25, 0.3) is 10.9 Å². The molecule has 8 heteroatoms. The molecule has 0 spiro atoms. The molecule has 0 bridgehead atoms. The zero-order valence-corrected chi connectivity index (χ0v) is 10.0. The second-order valence-corrected chi connectivity index (χ2v) is 3.69. The number of nitrogens with zero attached hydrogens (tertiary/aromatic N) is 3. The van der Waals surface area contributed by atoms with Gasteiger partial charge in [0.25, 0.3) is 0 Å². The molecule has 2 heterocycles. The summed E-state index contributed by atoms with van der Waals surface area (Å²) in [6.45, 7) is 1.98. The lowest BCUT2D eigenvalue weighted by Gasteiger charge is -2.08. The summed E-state index contributed by atoms with van der Waals surface area (Å²) >= 11 is 11.1. The van der Waals surface area contributed by atoms with E-state index in [0.29, 0.717) is 0 Å². The van der Waals surface area contributed by atoms with Crippen LogP contribution in [0.2, 0.25) is 10.4 Å². The van der Waals surface area contributed by atoms with Gasteiger partial charge in [-0.3, -0.25) is 0 Å². The van der Waals surface area contributed by atoms with Gasteiger partial charge in [0.15, 0.2) is 11.0 Å². The first-order valence-electron chi connectivity index (χ1n) is 4.58. The predicted octanol–water partition coefficient (Wildman–Crippen LogP) is 2.58. The van der Waals surface area contributed by atoms with Crippen molar-refractivity contribution in [1.82, 2.24) is 15.0 Å². The highest BCUT2D eigenvalue weighted by molar-refractivity contribution is 6.31. The highest BCUT2D eigenvalue weighted by atomic mass is 35.5. The summed E-state index contributed by atoms with van der Waals surface area (Å²) in [4.78, 5) is 10.8. The third kappa shape index (κ3) is 2.05. The molecule has 0 radical (unpaired) electrons. The summed E-state index contributed by atoms with van der Waals surface area (Å²) < 4.78 is 18.8. The first kappa shape index (κ1) is 12.1. The number of hydrogen-bond acceptors (Lipinski definition) is 5. The highest BCUT2D eigenvalue weighted by Crippen LogP contribution is 2.34. The number of aromatic hydroxyl groups is 1. The lowest BCUT2D eigenvalue weighted by atomic mass is 10.3. The molecule has 0 aliphatic carbocycles. The maximum Gasteiger partial charge on any atom is 0.230 e. The van der Waals surface area contributed by atoms with Crippen molar-refractivity contribution in [3.63, 3.8) is 0 Å². The fraction of sp³-hybridized carbons (Fsp3) is 0.222. The van der Waals surface area contributed by atoms with Crippen LogP contribution in [0.1, 0.15) is 6.92 Å². The van der Waals surface area contributed by atoms with Crippen molar-refractivity contribution in [3.05, 3.63) is 16.3 Å². The van der Waals surface area contributed by atoms with Crippen molar-refractivity contribution in [1.29, 1.82) is 0 Å². The third-order valence-electron chi connectivity index (χ3n) is 1.95. The molecule has 0 fully saturated rings. The van der Waals surface area contributed by atoms with E-state index >= 15 is 0 Å². The van der Waals surface area contributed by atoms with Gasteiger partial charge in [-0.05, 0) is 18.5 Å². The Morgan fingerprint density at radius 3 is 2.65 bits per heavy atom. The van der Waals surface area contributed by atoms with Gasteiger partial charge >= 0.3 is 0 Å². The van der Waals surface area contributed by atoms with Crippen molar-refractivity contribution in [2.24, 2.45) is 0 Å². The zero-order chi connectivity index (χ0) is 12.6. The average molecular weight is 278 g/mol. The van der Waals surface area contributed by atoms with E-state index in [1.807, 2.05) is 0 Å². The molecule has 5 nitrogen and oxygen atoms in total. The molecular formula is C9H6Cl2FN3O2. The van der Waals surface area contributed by atoms with Gasteiger partial charge in [-0.2, -0.15) is 9.97 Å². The number of halogens is 3. The predicted molar refractivity (Wildman–Crippen MR) is 60.1 cm³/mol. The molecular weight excluding hydrogens is 272 g/mol. The molecule has 0 aliphatic rings. The minimum atomic E-state index is -0.885. The Bertz CT molecular complexity index is 594.